The van der Waals surface area contributed by atoms with Crippen LogP contribution in [-0.4, -0.2) is 27.3 Å². The number of hydrogen-bond donors (Lipinski definition) is 3. The Bertz CT molecular complexity index is 1680. The first-order chi connectivity index (χ1) is 20.1. The molecule has 0 aliphatic rings. The van der Waals surface area contributed by atoms with Crippen molar-refractivity contribution >= 4 is 40.0 Å². The molecule has 3 N–H and O–H groups in total. The van der Waals surface area contributed by atoms with E-state index in [2.05, 4.69) is 0 Å². The van der Waals surface area contributed by atoms with Crippen LogP contribution in [0.2, 0.25) is 0 Å². The van der Waals surface area contributed by atoms with Gasteiger partial charge in [-0.25, -0.2) is 0 Å². The molecule has 5 aromatic carbocycles. The molecular formula is C35H31O6P. The average molecular weight is 579 g/mol. The monoisotopic (exact) mass is 578 g/mol. The molecule has 0 aliphatic carbocycles. The van der Waals surface area contributed by atoms with Gasteiger partial charge in [0, 0.05) is 0 Å². The minimum absolute atomic E-state index is 0.134. The topological polar surface area (TPSA) is 104 Å². The summed E-state index contributed by atoms with van der Waals surface area (Å²) in [5.41, 5.74) is 2.54. The molecule has 0 atom stereocenters. The Morgan fingerprint density at radius 1 is 0.595 bits per heavy atom. The van der Waals surface area contributed by atoms with E-state index in [1.54, 1.807) is 12.1 Å². The first-order valence-electron chi connectivity index (χ1n) is 13.4. The number of rotatable bonds is 7. The third-order valence-electron chi connectivity index (χ3n) is 7.64. The Kier molecular flexibility index (Phi) is 7.36. The van der Waals surface area contributed by atoms with Crippen molar-refractivity contribution in [3.05, 3.63) is 143 Å². The standard InChI is InChI=1S/C35H31O6P/c1-23-8-15-27(16-9-23)42(28-17-10-24(2)11-18-28,29-19-12-25(3)13-20-29,33-22-26(36)14-21-32(33)37)41-35(40)31-7-5-4-6-30(31)34(38)39/h4-22,36-37H,1-3H3,(H,38,39). The molecule has 0 unspecified atom stereocenters. The number of benzene rings is 5. The van der Waals surface area contributed by atoms with E-state index in [1.807, 2.05) is 93.6 Å². The number of phenolic OH excluding ortho intramolecular Hbond substituents is 2. The Labute approximate surface area is 244 Å². The van der Waals surface area contributed by atoms with E-state index < -0.39 is 18.8 Å². The summed E-state index contributed by atoms with van der Waals surface area (Å²) in [4.78, 5) is 26.7. The van der Waals surface area contributed by atoms with E-state index in [-0.39, 0.29) is 27.9 Å². The number of aromatic carboxylic acids is 1. The molecule has 7 heteroatoms. The molecule has 0 bridgehead atoms. The second kappa shape index (κ2) is 10.8. The number of carboxylic acid groups (broad SMARTS) is 1. The molecule has 0 saturated heterocycles. The third kappa shape index (κ3) is 4.50. The van der Waals surface area contributed by atoms with E-state index in [4.69, 9.17) is 4.52 Å². The molecule has 6 nitrogen and oxygen atoms in total. The van der Waals surface area contributed by atoms with Crippen LogP contribution in [0.15, 0.2) is 115 Å². The van der Waals surface area contributed by atoms with E-state index in [1.165, 1.54) is 30.3 Å². The van der Waals surface area contributed by atoms with Crippen molar-refractivity contribution < 1.29 is 29.4 Å². The van der Waals surface area contributed by atoms with Gasteiger partial charge in [0.15, 0.2) is 0 Å². The van der Waals surface area contributed by atoms with Crippen molar-refractivity contribution in [2.75, 3.05) is 0 Å². The molecule has 0 heterocycles. The Morgan fingerprint density at radius 3 is 1.45 bits per heavy atom. The minimum atomic E-state index is -4.80. The molecule has 212 valence electrons. The summed E-state index contributed by atoms with van der Waals surface area (Å²) in [5.74, 6) is -2.48. The molecule has 0 radical (unpaired) electrons. The van der Waals surface area contributed by atoms with Crippen molar-refractivity contribution in [1.29, 1.82) is 0 Å². The summed E-state index contributed by atoms with van der Waals surface area (Å²) in [6.45, 7) is 1.03. The van der Waals surface area contributed by atoms with Crippen molar-refractivity contribution in [2.45, 2.75) is 20.8 Å². The summed E-state index contributed by atoms with van der Waals surface area (Å²) in [5, 5.41) is 34.4. The normalized spacial score (nSPS) is 12.2. The predicted molar refractivity (Wildman–Crippen MR) is 168 cm³/mol. The van der Waals surface area contributed by atoms with Gasteiger partial charge in [0.1, 0.15) is 0 Å². The Hall–Kier alpha value is -4.93. The van der Waals surface area contributed by atoms with Gasteiger partial charge in [0.2, 0.25) is 0 Å². The number of phenols is 2. The zero-order chi connectivity index (χ0) is 30.1. The SMILES string of the molecule is Cc1ccc(P(OC(=O)c2ccccc2C(=O)O)(c2ccc(C)cc2)(c2ccc(C)cc2)c2cc(O)ccc2O)cc1. The second-order valence-corrected chi connectivity index (χ2v) is 14.7. The number of hydrogen-bond acceptors (Lipinski definition) is 5. The van der Waals surface area contributed by atoms with Crippen LogP contribution in [0, 0.1) is 20.8 Å². The van der Waals surface area contributed by atoms with Crippen LogP contribution in [0.25, 0.3) is 0 Å². The summed E-state index contributed by atoms with van der Waals surface area (Å²) in [6.07, 6.45) is 0. The fourth-order valence-corrected chi connectivity index (χ4v) is 11.1. The number of carbonyl (C=O) groups excluding carboxylic acids is 1. The van der Waals surface area contributed by atoms with E-state index in [9.17, 15) is 24.9 Å². The van der Waals surface area contributed by atoms with Gasteiger partial charge in [-0.15, -0.1) is 0 Å². The zero-order valence-electron chi connectivity index (χ0n) is 23.5. The van der Waals surface area contributed by atoms with Crippen LogP contribution >= 0.6 is 6.83 Å². The summed E-state index contributed by atoms with van der Waals surface area (Å²) in [7, 11) is 0. The maximum atomic E-state index is 14.5. The summed E-state index contributed by atoms with van der Waals surface area (Å²) >= 11 is 0. The number of aromatic hydroxyl groups is 2. The molecule has 0 aliphatic heterocycles. The first-order valence-corrected chi connectivity index (χ1v) is 15.5. The quantitative estimate of drug-likeness (QED) is 0.170. The second-order valence-electron chi connectivity index (χ2n) is 10.4. The van der Waals surface area contributed by atoms with Crippen LogP contribution in [0.5, 0.6) is 11.5 Å². The van der Waals surface area contributed by atoms with Gasteiger partial charge in [-0.05, 0) is 0 Å². The van der Waals surface area contributed by atoms with Gasteiger partial charge < -0.3 is 0 Å². The van der Waals surface area contributed by atoms with Crippen LogP contribution < -0.4 is 21.2 Å². The number of carbonyl (C=O) groups is 2. The average Bonchev–Trinajstić information content (AvgIpc) is 2.98. The first kappa shape index (κ1) is 28.6. The fourth-order valence-electron chi connectivity index (χ4n) is 5.48. The zero-order valence-corrected chi connectivity index (χ0v) is 24.4. The van der Waals surface area contributed by atoms with Crippen molar-refractivity contribution in [1.82, 2.24) is 0 Å². The van der Waals surface area contributed by atoms with Crippen LogP contribution in [-0.2, 0) is 4.52 Å². The van der Waals surface area contributed by atoms with E-state index in [0.29, 0.717) is 15.9 Å². The number of aryl methyl sites for hydroxylation is 3. The Balaban J connectivity index is 2.05. The van der Waals surface area contributed by atoms with Gasteiger partial charge in [-0.2, -0.15) is 0 Å². The van der Waals surface area contributed by atoms with Gasteiger partial charge in [-0.1, -0.05) is 0 Å². The van der Waals surface area contributed by atoms with Crippen LogP contribution in [0.3, 0.4) is 0 Å². The van der Waals surface area contributed by atoms with Crippen LogP contribution in [0.4, 0.5) is 0 Å². The molecular weight excluding hydrogens is 547 g/mol. The molecule has 42 heavy (non-hydrogen) atoms. The molecule has 0 saturated carbocycles. The van der Waals surface area contributed by atoms with Gasteiger partial charge >= 0.3 is 245 Å². The fraction of sp³-hybridized carbons (Fsp3) is 0.0857. The molecule has 0 spiro atoms. The van der Waals surface area contributed by atoms with Gasteiger partial charge in [0.05, 0.1) is 0 Å². The van der Waals surface area contributed by atoms with E-state index >= 15 is 0 Å². The molecule has 0 amide bonds. The van der Waals surface area contributed by atoms with Crippen molar-refractivity contribution in [3.63, 3.8) is 0 Å². The molecule has 0 fully saturated rings. The van der Waals surface area contributed by atoms with E-state index in [0.717, 1.165) is 16.7 Å². The summed E-state index contributed by atoms with van der Waals surface area (Å²) < 4.78 is 6.96. The predicted octanol–water partition coefficient (Wildman–Crippen LogP) is 5.65. The molecule has 0 aromatic heterocycles. The molecule has 5 aromatic rings. The Morgan fingerprint density at radius 2 is 1.02 bits per heavy atom. The maximum absolute atomic E-state index is 14.5. The molecule has 5 rings (SSSR count). The van der Waals surface area contributed by atoms with Gasteiger partial charge in [0.25, 0.3) is 0 Å². The number of carboxylic acids is 1. The van der Waals surface area contributed by atoms with Crippen molar-refractivity contribution in [3.8, 4) is 11.5 Å². The summed E-state index contributed by atoms with van der Waals surface area (Å²) in [6, 6.07) is 32.7. The van der Waals surface area contributed by atoms with Crippen LogP contribution in [0.1, 0.15) is 37.4 Å². The third-order valence-corrected chi connectivity index (χ3v) is 13.3. The van der Waals surface area contributed by atoms with Gasteiger partial charge in [-0.3, -0.25) is 0 Å². The van der Waals surface area contributed by atoms with Crippen molar-refractivity contribution in [2.24, 2.45) is 0 Å².